The van der Waals surface area contributed by atoms with Gasteiger partial charge in [-0.05, 0) is 56.2 Å². The second-order valence-corrected chi connectivity index (χ2v) is 6.34. The van der Waals surface area contributed by atoms with Crippen LogP contribution in [-0.4, -0.2) is 29.1 Å². The Labute approximate surface area is 157 Å². The maximum atomic E-state index is 12.1. The van der Waals surface area contributed by atoms with Crippen molar-refractivity contribution in [3.63, 3.8) is 0 Å². The Balaban J connectivity index is 1.87. The molecule has 0 unspecified atom stereocenters. The summed E-state index contributed by atoms with van der Waals surface area (Å²) in [4.78, 5) is 34.9. The number of carbonyl (C=O) groups excluding carboxylic acids is 2. The van der Waals surface area contributed by atoms with Crippen molar-refractivity contribution in [1.29, 1.82) is 0 Å². The first-order chi connectivity index (χ1) is 12.8. The number of carboxylic acid groups (broad SMARTS) is 1. The van der Waals surface area contributed by atoms with E-state index in [2.05, 4.69) is 16.0 Å². The predicted octanol–water partition coefficient (Wildman–Crippen LogP) is 3.49. The van der Waals surface area contributed by atoms with E-state index in [9.17, 15) is 14.4 Å². The highest BCUT2D eigenvalue weighted by atomic mass is 16.4. The molecule has 27 heavy (non-hydrogen) atoms. The van der Waals surface area contributed by atoms with E-state index in [-0.39, 0.29) is 30.0 Å². The third-order valence-electron chi connectivity index (χ3n) is 3.72. The maximum Gasteiger partial charge on any atom is 0.335 e. The van der Waals surface area contributed by atoms with E-state index >= 15 is 0 Å². The van der Waals surface area contributed by atoms with E-state index in [4.69, 9.17) is 5.11 Å². The molecule has 3 amide bonds. The number of hydrogen-bond acceptors (Lipinski definition) is 3. The van der Waals surface area contributed by atoms with Gasteiger partial charge in [0, 0.05) is 23.8 Å². The zero-order valence-corrected chi connectivity index (χ0v) is 15.3. The van der Waals surface area contributed by atoms with Crippen molar-refractivity contribution in [2.45, 2.75) is 32.7 Å². The van der Waals surface area contributed by atoms with E-state index in [0.717, 1.165) is 0 Å². The van der Waals surface area contributed by atoms with E-state index in [0.29, 0.717) is 23.4 Å². The van der Waals surface area contributed by atoms with Crippen molar-refractivity contribution in [2.24, 2.45) is 0 Å². The van der Waals surface area contributed by atoms with Gasteiger partial charge in [-0.3, -0.25) is 4.79 Å². The lowest BCUT2D eigenvalue weighted by molar-refractivity contribution is -0.116. The number of carbonyl (C=O) groups is 3. The van der Waals surface area contributed by atoms with Gasteiger partial charge < -0.3 is 21.1 Å². The first kappa shape index (κ1) is 20.0. The van der Waals surface area contributed by atoms with Gasteiger partial charge in [-0.2, -0.15) is 0 Å². The summed E-state index contributed by atoms with van der Waals surface area (Å²) in [6.07, 6.45) is 0.504. The summed E-state index contributed by atoms with van der Waals surface area (Å²) < 4.78 is 0. The zero-order valence-electron chi connectivity index (χ0n) is 15.3. The molecule has 2 rings (SSSR count). The molecule has 7 nitrogen and oxygen atoms in total. The van der Waals surface area contributed by atoms with Crippen LogP contribution >= 0.6 is 0 Å². The number of rotatable bonds is 7. The molecule has 0 saturated heterocycles. The van der Waals surface area contributed by atoms with Crippen LogP contribution in [0.4, 0.5) is 16.2 Å². The fraction of sp³-hybridized carbons (Fsp3) is 0.250. The Hall–Kier alpha value is -3.35. The predicted molar refractivity (Wildman–Crippen MR) is 104 cm³/mol. The number of hydrogen-bond donors (Lipinski definition) is 4. The van der Waals surface area contributed by atoms with Gasteiger partial charge in [-0.15, -0.1) is 0 Å². The summed E-state index contributed by atoms with van der Waals surface area (Å²) in [5, 5.41) is 17.3. The zero-order chi connectivity index (χ0) is 19.8. The number of aryl methyl sites for hydroxylation is 1. The van der Waals surface area contributed by atoms with E-state index in [1.807, 2.05) is 13.8 Å². The lowest BCUT2D eigenvalue weighted by atomic mass is 10.0. The van der Waals surface area contributed by atoms with Gasteiger partial charge >= 0.3 is 12.0 Å². The molecule has 0 fully saturated rings. The second-order valence-electron chi connectivity index (χ2n) is 6.34. The summed E-state index contributed by atoms with van der Waals surface area (Å²) in [5.41, 5.74) is 2.04. The van der Waals surface area contributed by atoms with Crippen molar-refractivity contribution in [3.05, 3.63) is 59.7 Å². The fourth-order valence-corrected chi connectivity index (χ4v) is 2.48. The van der Waals surface area contributed by atoms with E-state index in [1.54, 1.807) is 42.5 Å². The monoisotopic (exact) mass is 369 g/mol. The summed E-state index contributed by atoms with van der Waals surface area (Å²) in [7, 11) is 0. The first-order valence-electron chi connectivity index (χ1n) is 8.64. The standard InChI is InChI=1S/C20H23N3O4/c1-13(2)21-20(27)23-16-10-8-15(9-11-16)22-18(24)12-7-14-5-3-4-6-17(14)19(25)26/h3-6,8-11,13H,7,12H2,1-2H3,(H,22,24)(H,25,26)(H2,21,23,27). The topological polar surface area (TPSA) is 108 Å². The van der Waals surface area contributed by atoms with Crippen LogP contribution in [0.3, 0.4) is 0 Å². The van der Waals surface area contributed by atoms with Gasteiger partial charge in [0.15, 0.2) is 0 Å². The number of anilines is 2. The molecule has 0 aliphatic rings. The van der Waals surface area contributed by atoms with Crippen molar-refractivity contribution < 1.29 is 19.5 Å². The summed E-state index contributed by atoms with van der Waals surface area (Å²) in [6.45, 7) is 3.74. The SMILES string of the molecule is CC(C)NC(=O)Nc1ccc(NC(=O)CCc2ccccc2C(=O)O)cc1. The lowest BCUT2D eigenvalue weighted by Crippen LogP contribution is -2.34. The Morgan fingerprint density at radius 2 is 1.52 bits per heavy atom. The number of aromatic carboxylic acids is 1. The molecule has 0 aliphatic heterocycles. The molecule has 0 saturated carbocycles. The van der Waals surface area contributed by atoms with Crippen molar-refractivity contribution in [1.82, 2.24) is 5.32 Å². The van der Waals surface area contributed by atoms with E-state index < -0.39 is 5.97 Å². The Morgan fingerprint density at radius 1 is 0.926 bits per heavy atom. The van der Waals surface area contributed by atoms with Crippen molar-refractivity contribution in [2.75, 3.05) is 10.6 Å². The van der Waals surface area contributed by atoms with Gasteiger partial charge in [0.05, 0.1) is 5.56 Å². The molecular formula is C20H23N3O4. The Kier molecular flexibility index (Phi) is 6.93. The van der Waals surface area contributed by atoms with Crippen LogP contribution < -0.4 is 16.0 Å². The highest BCUT2D eigenvalue weighted by molar-refractivity contribution is 5.93. The molecule has 142 valence electrons. The molecule has 7 heteroatoms. The number of amides is 3. The summed E-state index contributed by atoms with van der Waals surface area (Å²) >= 11 is 0. The number of benzene rings is 2. The maximum absolute atomic E-state index is 12.1. The average Bonchev–Trinajstić information content (AvgIpc) is 2.61. The molecule has 2 aromatic rings. The van der Waals surface area contributed by atoms with E-state index in [1.165, 1.54) is 6.07 Å². The molecule has 0 heterocycles. The molecule has 0 aromatic heterocycles. The quantitative estimate of drug-likeness (QED) is 0.599. The average molecular weight is 369 g/mol. The highest BCUT2D eigenvalue weighted by Crippen LogP contribution is 2.15. The molecule has 0 aliphatic carbocycles. The third kappa shape index (κ3) is 6.47. The van der Waals surface area contributed by atoms with Crippen molar-refractivity contribution >= 4 is 29.3 Å². The summed E-state index contributed by atoms with van der Waals surface area (Å²) in [5.74, 6) is -1.22. The van der Waals surface area contributed by atoms with Crippen LogP contribution in [0.5, 0.6) is 0 Å². The molecular weight excluding hydrogens is 346 g/mol. The number of carboxylic acids is 1. The molecule has 2 aromatic carbocycles. The minimum Gasteiger partial charge on any atom is -0.478 e. The first-order valence-corrected chi connectivity index (χ1v) is 8.64. The Morgan fingerprint density at radius 3 is 2.11 bits per heavy atom. The van der Waals surface area contributed by atoms with Crippen LogP contribution in [0, 0.1) is 0 Å². The fourth-order valence-electron chi connectivity index (χ4n) is 2.48. The normalized spacial score (nSPS) is 10.3. The lowest BCUT2D eigenvalue weighted by Gasteiger charge is -2.11. The van der Waals surface area contributed by atoms with Gasteiger partial charge in [-0.1, -0.05) is 18.2 Å². The summed E-state index contributed by atoms with van der Waals surface area (Å²) in [6, 6.07) is 13.1. The molecule has 0 spiro atoms. The molecule has 0 atom stereocenters. The van der Waals surface area contributed by atoms with Crippen molar-refractivity contribution in [3.8, 4) is 0 Å². The van der Waals surface area contributed by atoms with Crippen LogP contribution in [0.2, 0.25) is 0 Å². The molecule has 4 N–H and O–H groups in total. The van der Waals surface area contributed by atoms with Gasteiger partial charge in [0.1, 0.15) is 0 Å². The van der Waals surface area contributed by atoms with Gasteiger partial charge in [-0.25, -0.2) is 9.59 Å². The second kappa shape index (κ2) is 9.38. The number of urea groups is 1. The minimum absolute atomic E-state index is 0.0369. The Bertz CT molecular complexity index is 816. The van der Waals surface area contributed by atoms with Gasteiger partial charge in [0.25, 0.3) is 0 Å². The van der Waals surface area contributed by atoms with Crippen LogP contribution in [0.15, 0.2) is 48.5 Å². The highest BCUT2D eigenvalue weighted by Gasteiger charge is 2.11. The third-order valence-corrected chi connectivity index (χ3v) is 3.72. The number of nitrogens with one attached hydrogen (secondary N) is 3. The largest absolute Gasteiger partial charge is 0.478 e. The van der Waals surface area contributed by atoms with Gasteiger partial charge in [0.2, 0.25) is 5.91 Å². The minimum atomic E-state index is -1.00. The van der Waals surface area contributed by atoms with Crippen LogP contribution in [0.1, 0.15) is 36.2 Å². The smallest absolute Gasteiger partial charge is 0.335 e. The molecule has 0 bridgehead atoms. The van der Waals surface area contributed by atoms with Crippen LogP contribution in [0.25, 0.3) is 0 Å². The van der Waals surface area contributed by atoms with Crippen LogP contribution in [-0.2, 0) is 11.2 Å². The molecule has 0 radical (unpaired) electrons.